The topological polar surface area (TPSA) is 102 Å². The Hall–Kier alpha value is -2.08. The van der Waals surface area contributed by atoms with Gasteiger partial charge in [0, 0.05) is 12.5 Å². The van der Waals surface area contributed by atoms with Crippen molar-refractivity contribution in [3.8, 4) is 5.75 Å². The molecule has 0 radical (unpaired) electrons. The molecule has 1 aliphatic heterocycles. The van der Waals surface area contributed by atoms with E-state index in [1.165, 1.54) is 0 Å². The molecule has 0 spiro atoms. The van der Waals surface area contributed by atoms with Crippen LogP contribution in [0.4, 0.5) is 0 Å². The first-order chi connectivity index (χ1) is 9.58. The lowest BCUT2D eigenvalue weighted by molar-refractivity contribution is -0.137. The average molecular weight is 278 g/mol. The third-order valence-corrected chi connectivity index (χ3v) is 3.23. The number of rotatable bonds is 5. The normalized spacial score (nSPS) is 15.6. The number of benzene rings is 1. The standard InChI is InChI=1S/C14H18N2O4/c15-11(2-1-3-13(17)18)9-4-5-12-10(8-9)14(19)16-6-7-20-12/h4-5,8,11H,1-3,6-7,15H2,(H,16,19)(H,17,18). The molecule has 4 N–H and O–H groups in total. The van der Waals surface area contributed by atoms with Crippen molar-refractivity contribution >= 4 is 11.9 Å². The Balaban J connectivity index is 2.09. The van der Waals surface area contributed by atoms with Gasteiger partial charge in [-0.1, -0.05) is 6.07 Å². The van der Waals surface area contributed by atoms with E-state index in [4.69, 9.17) is 15.6 Å². The molecule has 0 saturated heterocycles. The Morgan fingerprint density at radius 1 is 1.50 bits per heavy atom. The van der Waals surface area contributed by atoms with Crippen molar-refractivity contribution in [1.82, 2.24) is 5.32 Å². The van der Waals surface area contributed by atoms with Crippen molar-refractivity contribution in [1.29, 1.82) is 0 Å². The molecule has 6 nitrogen and oxygen atoms in total. The molecule has 0 bridgehead atoms. The monoisotopic (exact) mass is 278 g/mol. The van der Waals surface area contributed by atoms with Crippen LogP contribution in [0.1, 0.15) is 41.2 Å². The molecule has 1 heterocycles. The van der Waals surface area contributed by atoms with Gasteiger partial charge in [-0.2, -0.15) is 0 Å². The van der Waals surface area contributed by atoms with E-state index < -0.39 is 5.97 Å². The highest BCUT2D eigenvalue weighted by Crippen LogP contribution is 2.25. The molecule has 1 unspecified atom stereocenters. The highest BCUT2D eigenvalue weighted by Gasteiger charge is 2.18. The third-order valence-electron chi connectivity index (χ3n) is 3.23. The van der Waals surface area contributed by atoms with Crippen molar-refractivity contribution < 1.29 is 19.4 Å². The van der Waals surface area contributed by atoms with Gasteiger partial charge in [-0.15, -0.1) is 0 Å². The third kappa shape index (κ3) is 3.48. The highest BCUT2D eigenvalue weighted by atomic mass is 16.5. The lowest BCUT2D eigenvalue weighted by Gasteiger charge is -2.14. The van der Waals surface area contributed by atoms with Gasteiger partial charge >= 0.3 is 5.97 Å². The fourth-order valence-corrected chi connectivity index (χ4v) is 2.14. The summed E-state index contributed by atoms with van der Waals surface area (Å²) in [5, 5.41) is 11.4. The van der Waals surface area contributed by atoms with Gasteiger partial charge in [-0.3, -0.25) is 9.59 Å². The number of ether oxygens (including phenoxy) is 1. The zero-order valence-corrected chi connectivity index (χ0v) is 11.1. The van der Waals surface area contributed by atoms with Gasteiger partial charge in [-0.05, 0) is 30.5 Å². The molecule has 0 saturated carbocycles. The number of fused-ring (bicyclic) bond motifs is 1. The van der Waals surface area contributed by atoms with Crippen molar-refractivity contribution in [3.05, 3.63) is 29.3 Å². The van der Waals surface area contributed by atoms with E-state index in [9.17, 15) is 9.59 Å². The number of carbonyl (C=O) groups excluding carboxylic acids is 1. The van der Waals surface area contributed by atoms with E-state index in [1.807, 2.05) is 6.07 Å². The Kier molecular flexibility index (Phi) is 4.57. The Morgan fingerprint density at radius 3 is 3.05 bits per heavy atom. The number of amides is 1. The maximum Gasteiger partial charge on any atom is 0.303 e. The Labute approximate surface area is 116 Å². The van der Waals surface area contributed by atoms with Crippen LogP contribution in [0, 0.1) is 0 Å². The summed E-state index contributed by atoms with van der Waals surface area (Å²) in [6.45, 7) is 0.927. The van der Waals surface area contributed by atoms with Crippen molar-refractivity contribution in [2.24, 2.45) is 5.73 Å². The highest BCUT2D eigenvalue weighted by molar-refractivity contribution is 5.97. The van der Waals surface area contributed by atoms with Crippen LogP contribution in [0.5, 0.6) is 5.75 Å². The number of hydrogen-bond donors (Lipinski definition) is 3. The van der Waals surface area contributed by atoms with Gasteiger partial charge in [0.15, 0.2) is 0 Å². The molecule has 108 valence electrons. The predicted octanol–water partition coefficient (Wildman–Crippen LogP) is 1.06. The fraction of sp³-hybridized carbons (Fsp3) is 0.429. The van der Waals surface area contributed by atoms with Gasteiger partial charge in [0.1, 0.15) is 12.4 Å². The maximum absolute atomic E-state index is 11.9. The van der Waals surface area contributed by atoms with Gasteiger partial charge in [0.25, 0.3) is 5.91 Å². The van der Waals surface area contributed by atoms with Crippen LogP contribution in [0.2, 0.25) is 0 Å². The molecule has 0 aromatic heterocycles. The second-order valence-corrected chi connectivity index (χ2v) is 4.75. The molecule has 0 aliphatic carbocycles. The molecule has 1 aliphatic rings. The largest absolute Gasteiger partial charge is 0.491 e. The summed E-state index contributed by atoms with van der Waals surface area (Å²) in [4.78, 5) is 22.4. The second kappa shape index (κ2) is 6.38. The summed E-state index contributed by atoms with van der Waals surface area (Å²) >= 11 is 0. The van der Waals surface area contributed by atoms with Crippen molar-refractivity contribution in [2.45, 2.75) is 25.3 Å². The average Bonchev–Trinajstić information content (AvgIpc) is 2.60. The summed E-state index contributed by atoms with van der Waals surface area (Å²) in [6, 6.07) is 5.01. The quantitative estimate of drug-likeness (QED) is 0.747. The van der Waals surface area contributed by atoms with E-state index in [0.717, 1.165) is 5.56 Å². The fourth-order valence-electron chi connectivity index (χ4n) is 2.14. The van der Waals surface area contributed by atoms with E-state index >= 15 is 0 Å². The molecule has 0 fully saturated rings. The zero-order chi connectivity index (χ0) is 14.5. The number of carboxylic acids is 1. The van der Waals surface area contributed by atoms with E-state index in [1.54, 1.807) is 12.1 Å². The first-order valence-corrected chi connectivity index (χ1v) is 6.60. The number of carboxylic acid groups (broad SMARTS) is 1. The number of aliphatic carboxylic acids is 1. The van der Waals surface area contributed by atoms with Crippen LogP contribution in [0.25, 0.3) is 0 Å². The van der Waals surface area contributed by atoms with E-state index in [0.29, 0.717) is 37.3 Å². The minimum absolute atomic E-state index is 0.0994. The molecule has 1 aromatic rings. The van der Waals surface area contributed by atoms with E-state index in [2.05, 4.69) is 5.32 Å². The number of nitrogens with two attached hydrogens (primary N) is 1. The van der Waals surface area contributed by atoms with Crippen LogP contribution in [0.3, 0.4) is 0 Å². The minimum atomic E-state index is -0.827. The van der Waals surface area contributed by atoms with Gasteiger partial charge in [0.05, 0.1) is 12.1 Å². The Bertz CT molecular complexity index is 516. The molecule has 1 atom stereocenters. The molecule has 6 heteroatoms. The van der Waals surface area contributed by atoms with E-state index in [-0.39, 0.29) is 18.4 Å². The van der Waals surface area contributed by atoms with Gasteiger partial charge < -0.3 is 20.9 Å². The first-order valence-electron chi connectivity index (χ1n) is 6.60. The lowest BCUT2D eigenvalue weighted by Crippen LogP contribution is -2.24. The van der Waals surface area contributed by atoms with Crippen LogP contribution in [0.15, 0.2) is 18.2 Å². The lowest BCUT2D eigenvalue weighted by atomic mass is 9.99. The molecular formula is C14H18N2O4. The summed E-state index contributed by atoms with van der Waals surface area (Å²) in [5.74, 6) is -0.439. The van der Waals surface area contributed by atoms with Crippen LogP contribution in [-0.2, 0) is 4.79 Å². The van der Waals surface area contributed by atoms with Crippen LogP contribution in [-0.4, -0.2) is 30.1 Å². The number of nitrogens with one attached hydrogen (secondary N) is 1. The summed E-state index contributed by atoms with van der Waals surface area (Å²) in [6.07, 6.45) is 1.17. The Morgan fingerprint density at radius 2 is 2.30 bits per heavy atom. The molecular weight excluding hydrogens is 260 g/mol. The minimum Gasteiger partial charge on any atom is -0.491 e. The smallest absolute Gasteiger partial charge is 0.303 e. The van der Waals surface area contributed by atoms with Crippen LogP contribution >= 0.6 is 0 Å². The molecule has 20 heavy (non-hydrogen) atoms. The van der Waals surface area contributed by atoms with Crippen molar-refractivity contribution in [3.63, 3.8) is 0 Å². The summed E-state index contributed by atoms with van der Waals surface area (Å²) in [7, 11) is 0. The summed E-state index contributed by atoms with van der Waals surface area (Å²) in [5.41, 5.74) is 7.33. The van der Waals surface area contributed by atoms with Gasteiger partial charge in [-0.25, -0.2) is 0 Å². The molecule has 1 amide bonds. The van der Waals surface area contributed by atoms with Gasteiger partial charge in [0.2, 0.25) is 0 Å². The second-order valence-electron chi connectivity index (χ2n) is 4.75. The first kappa shape index (κ1) is 14.3. The molecule has 2 rings (SSSR count). The SMILES string of the molecule is NC(CCCC(=O)O)c1ccc2c(c1)C(=O)NCCO2. The number of carbonyl (C=O) groups is 2. The van der Waals surface area contributed by atoms with Crippen molar-refractivity contribution in [2.75, 3.05) is 13.2 Å². The maximum atomic E-state index is 11.9. The molecule has 1 aromatic carbocycles. The van der Waals surface area contributed by atoms with Crippen LogP contribution < -0.4 is 15.8 Å². The number of hydrogen-bond acceptors (Lipinski definition) is 4. The summed E-state index contributed by atoms with van der Waals surface area (Å²) < 4.78 is 5.46. The predicted molar refractivity (Wildman–Crippen MR) is 72.7 cm³/mol. The zero-order valence-electron chi connectivity index (χ0n) is 11.1.